The fourth-order valence-electron chi connectivity index (χ4n) is 3.08. The number of aryl methyl sites for hydroxylation is 1. The number of aromatic nitrogens is 2. The summed E-state index contributed by atoms with van der Waals surface area (Å²) in [4.78, 5) is 11.8. The molecule has 4 heteroatoms. The number of rotatable bonds is 6. The zero-order valence-corrected chi connectivity index (χ0v) is 13.2. The van der Waals surface area contributed by atoms with Crippen LogP contribution >= 0.6 is 0 Å². The highest BCUT2D eigenvalue weighted by Crippen LogP contribution is 2.22. The monoisotopic (exact) mass is 276 g/mol. The standard InChI is InChI=1S/C16H28N4/c1-4-8-14-9-6-7-10-20(14)12-16-18-13(3)11-15(19-16)17-5-2/h11,14H,4-10,12H2,1-3H3,(H,17,18,19). The van der Waals surface area contributed by atoms with Gasteiger partial charge in [0.2, 0.25) is 0 Å². The first-order valence-corrected chi connectivity index (χ1v) is 8.05. The van der Waals surface area contributed by atoms with Gasteiger partial charge in [-0.05, 0) is 39.7 Å². The Morgan fingerprint density at radius 1 is 1.30 bits per heavy atom. The van der Waals surface area contributed by atoms with Crippen molar-refractivity contribution < 1.29 is 0 Å². The second kappa shape index (κ2) is 7.58. The van der Waals surface area contributed by atoms with Gasteiger partial charge in [0, 0.05) is 24.3 Å². The van der Waals surface area contributed by atoms with E-state index in [9.17, 15) is 0 Å². The summed E-state index contributed by atoms with van der Waals surface area (Å²) >= 11 is 0. The van der Waals surface area contributed by atoms with Crippen LogP contribution in [0, 0.1) is 6.92 Å². The van der Waals surface area contributed by atoms with Gasteiger partial charge in [0.15, 0.2) is 0 Å². The molecule has 0 radical (unpaired) electrons. The summed E-state index contributed by atoms with van der Waals surface area (Å²) in [6.07, 6.45) is 6.58. The van der Waals surface area contributed by atoms with Gasteiger partial charge < -0.3 is 5.32 Å². The van der Waals surface area contributed by atoms with Crippen LogP contribution in [0.1, 0.15) is 57.5 Å². The summed E-state index contributed by atoms with van der Waals surface area (Å²) in [6.45, 7) is 9.41. The van der Waals surface area contributed by atoms with Gasteiger partial charge in [-0.3, -0.25) is 4.90 Å². The maximum absolute atomic E-state index is 4.65. The van der Waals surface area contributed by atoms with Gasteiger partial charge in [-0.1, -0.05) is 19.8 Å². The normalized spacial score (nSPS) is 20.1. The molecule has 1 aromatic rings. The molecule has 1 fully saturated rings. The lowest BCUT2D eigenvalue weighted by atomic mass is 9.98. The van der Waals surface area contributed by atoms with E-state index < -0.39 is 0 Å². The fraction of sp³-hybridized carbons (Fsp3) is 0.750. The maximum atomic E-state index is 4.65. The predicted molar refractivity (Wildman–Crippen MR) is 83.9 cm³/mol. The molecule has 1 aliphatic heterocycles. The van der Waals surface area contributed by atoms with E-state index in [2.05, 4.69) is 34.0 Å². The molecule has 2 heterocycles. The highest BCUT2D eigenvalue weighted by Gasteiger charge is 2.22. The number of nitrogens with zero attached hydrogens (tertiary/aromatic N) is 3. The van der Waals surface area contributed by atoms with Gasteiger partial charge >= 0.3 is 0 Å². The van der Waals surface area contributed by atoms with E-state index in [0.717, 1.165) is 36.5 Å². The summed E-state index contributed by atoms with van der Waals surface area (Å²) in [5.41, 5.74) is 1.05. The van der Waals surface area contributed by atoms with E-state index in [1.165, 1.54) is 38.6 Å². The van der Waals surface area contributed by atoms with Gasteiger partial charge in [-0.15, -0.1) is 0 Å². The third kappa shape index (κ3) is 4.17. The van der Waals surface area contributed by atoms with Crippen molar-refractivity contribution in [3.63, 3.8) is 0 Å². The van der Waals surface area contributed by atoms with Crippen LogP contribution in [0.25, 0.3) is 0 Å². The number of hydrogen-bond donors (Lipinski definition) is 1. The molecule has 0 amide bonds. The molecule has 0 aromatic carbocycles. The SMILES string of the molecule is CCCC1CCCCN1Cc1nc(C)cc(NCC)n1. The van der Waals surface area contributed by atoms with Crippen LogP contribution in [0.3, 0.4) is 0 Å². The molecule has 1 unspecified atom stereocenters. The van der Waals surface area contributed by atoms with Crippen LogP contribution in [0.5, 0.6) is 0 Å². The second-order valence-electron chi connectivity index (χ2n) is 5.75. The summed E-state index contributed by atoms with van der Waals surface area (Å²) < 4.78 is 0. The molecule has 0 spiro atoms. The molecule has 1 saturated heterocycles. The van der Waals surface area contributed by atoms with Gasteiger partial charge in [0.1, 0.15) is 11.6 Å². The van der Waals surface area contributed by atoms with Crippen molar-refractivity contribution in [3.05, 3.63) is 17.6 Å². The molecule has 0 aliphatic carbocycles. The molecule has 20 heavy (non-hydrogen) atoms. The molecule has 0 bridgehead atoms. The topological polar surface area (TPSA) is 41.1 Å². The largest absolute Gasteiger partial charge is 0.370 e. The third-order valence-corrected chi connectivity index (χ3v) is 3.97. The third-order valence-electron chi connectivity index (χ3n) is 3.97. The molecular weight excluding hydrogens is 248 g/mol. The van der Waals surface area contributed by atoms with Crippen LogP contribution in [-0.4, -0.2) is 34.0 Å². The smallest absolute Gasteiger partial charge is 0.144 e. The highest BCUT2D eigenvalue weighted by atomic mass is 15.2. The van der Waals surface area contributed by atoms with Crippen molar-refractivity contribution in [2.45, 2.75) is 65.5 Å². The van der Waals surface area contributed by atoms with Crippen molar-refractivity contribution in [1.29, 1.82) is 0 Å². The molecule has 1 aliphatic rings. The number of hydrogen-bond acceptors (Lipinski definition) is 4. The Balaban J connectivity index is 2.07. The Morgan fingerprint density at radius 3 is 2.90 bits per heavy atom. The molecule has 112 valence electrons. The molecule has 0 saturated carbocycles. The van der Waals surface area contributed by atoms with E-state index >= 15 is 0 Å². The minimum absolute atomic E-state index is 0.723. The first-order valence-electron chi connectivity index (χ1n) is 8.05. The van der Waals surface area contributed by atoms with Crippen LogP contribution in [-0.2, 0) is 6.54 Å². The minimum Gasteiger partial charge on any atom is -0.370 e. The molecular formula is C16H28N4. The average Bonchev–Trinajstić information content (AvgIpc) is 2.41. The molecule has 4 nitrogen and oxygen atoms in total. The molecule has 1 aromatic heterocycles. The molecule has 1 atom stereocenters. The van der Waals surface area contributed by atoms with Gasteiger partial charge in [-0.2, -0.15) is 0 Å². The lowest BCUT2D eigenvalue weighted by Gasteiger charge is -2.35. The van der Waals surface area contributed by atoms with Crippen LogP contribution in [0.15, 0.2) is 6.07 Å². The maximum Gasteiger partial charge on any atom is 0.144 e. The van der Waals surface area contributed by atoms with Gasteiger partial charge in [-0.25, -0.2) is 9.97 Å². The lowest BCUT2D eigenvalue weighted by molar-refractivity contribution is 0.128. The average molecular weight is 276 g/mol. The Labute approximate surface area is 123 Å². The second-order valence-corrected chi connectivity index (χ2v) is 5.75. The Kier molecular flexibility index (Phi) is 5.77. The van der Waals surface area contributed by atoms with Crippen LogP contribution in [0.4, 0.5) is 5.82 Å². The Hall–Kier alpha value is -1.16. The quantitative estimate of drug-likeness (QED) is 0.865. The summed E-state index contributed by atoms with van der Waals surface area (Å²) in [5.74, 6) is 1.92. The van der Waals surface area contributed by atoms with Gasteiger partial charge in [0.05, 0.1) is 6.54 Å². The number of nitrogens with one attached hydrogen (secondary N) is 1. The first kappa shape index (κ1) is 15.2. The van der Waals surface area contributed by atoms with E-state index in [1.54, 1.807) is 0 Å². The van der Waals surface area contributed by atoms with E-state index in [-0.39, 0.29) is 0 Å². The predicted octanol–water partition coefficient (Wildman–Crippen LogP) is 3.37. The van der Waals surface area contributed by atoms with Crippen molar-refractivity contribution in [2.24, 2.45) is 0 Å². The van der Waals surface area contributed by atoms with Crippen LogP contribution in [0.2, 0.25) is 0 Å². The number of likely N-dealkylation sites (tertiary alicyclic amines) is 1. The Bertz CT molecular complexity index is 417. The van der Waals surface area contributed by atoms with E-state index in [0.29, 0.717) is 0 Å². The summed E-state index contributed by atoms with van der Waals surface area (Å²) in [5, 5.41) is 3.29. The number of anilines is 1. The van der Waals surface area contributed by atoms with E-state index in [4.69, 9.17) is 0 Å². The van der Waals surface area contributed by atoms with Crippen LogP contribution < -0.4 is 5.32 Å². The lowest BCUT2D eigenvalue weighted by Crippen LogP contribution is -2.39. The van der Waals surface area contributed by atoms with Crippen molar-refractivity contribution in [3.8, 4) is 0 Å². The fourth-order valence-corrected chi connectivity index (χ4v) is 3.08. The first-order chi connectivity index (χ1) is 9.72. The zero-order chi connectivity index (χ0) is 14.4. The van der Waals surface area contributed by atoms with Crippen molar-refractivity contribution >= 4 is 5.82 Å². The van der Waals surface area contributed by atoms with Crippen molar-refractivity contribution in [2.75, 3.05) is 18.4 Å². The van der Waals surface area contributed by atoms with Gasteiger partial charge in [0.25, 0.3) is 0 Å². The summed E-state index contributed by atoms with van der Waals surface area (Å²) in [7, 11) is 0. The zero-order valence-electron chi connectivity index (χ0n) is 13.2. The highest BCUT2D eigenvalue weighted by molar-refractivity contribution is 5.35. The number of piperidine rings is 1. The van der Waals surface area contributed by atoms with Crippen molar-refractivity contribution in [1.82, 2.24) is 14.9 Å². The molecule has 2 rings (SSSR count). The summed E-state index contributed by atoms with van der Waals surface area (Å²) in [6, 6.07) is 2.74. The minimum atomic E-state index is 0.723. The molecule has 1 N–H and O–H groups in total. The Morgan fingerprint density at radius 2 is 2.15 bits per heavy atom. The van der Waals surface area contributed by atoms with E-state index in [1.807, 2.05) is 13.0 Å².